The number of aromatic hydroxyl groups is 2. The van der Waals surface area contributed by atoms with Crippen LogP contribution < -0.4 is 9.47 Å². The summed E-state index contributed by atoms with van der Waals surface area (Å²) in [5, 5.41) is 59.0. The summed E-state index contributed by atoms with van der Waals surface area (Å²) in [6, 6.07) is 9.62. The Morgan fingerprint density at radius 1 is 0.900 bits per heavy atom. The highest BCUT2D eigenvalue weighted by Gasteiger charge is 2.44. The summed E-state index contributed by atoms with van der Waals surface area (Å²) in [6.45, 7) is -0.565. The van der Waals surface area contributed by atoms with Crippen molar-refractivity contribution in [2.75, 3.05) is 13.7 Å². The standard InChI is InChI=1S/C21H26O9/c1-28-16-5-4-11(8-15(16)24)2-3-12-6-13(23)9-14(7-12)29-21-20(27)19(26)18(25)17(10-22)30-21/h4-9,17-27H,2-3,10H2,1H3/t17-,18-,19+,20-,21-/m1/s1. The Balaban J connectivity index is 1.70. The first-order chi connectivity index (χ1) is 14.3. The van der Waals surface area contributed by atoms with Crippen molar-refractivity contribution in [3.63, 3.8) is 0 Å². The van der Waals surface area contributed by atoms with Crippen LogP contribution in [0.2, 0.25) is 0 Å². The van der Waals surface area contributed by atoms with Gasteiger partial charge in [-0.3, -0.25) is 0 Å². The number of hydrogen-bond donors (Lipinski definition) is 6. The van der Waals surface area contributed by atoms with E-state index in [-0.39, 0.29) is 17.2 Å². The van der Waals surface area contributed by atoms with Crippen LogP contribution in [0.1, 0.15) is 11.1 Å². The van der Waals surface area contributed by atoms with Gasteiger partial charge in [0.25, 0.3) is 0 Å². The summed E-state index contributed by atoms with van der Waals surface area (Å²) in [5.74, 6) is 0.542. The van der Waals surface area contributed by atoms with E-state index in [1.165, 1.54) is 13.2 Å². The van der Waals surface area contributed by atoms with E-state index in [2.05, 4.69) is 0 Å². The summed E-state index contributed by atoms with van der Waals surface area (Å²) in [6.07, 6.45) is -5.92. The molecule has 1 aliphatic heterocycles. The normalized spacial score (nSPS) is 26.4. The summed E-state index contributed by atoms with van der Waals surface area (Å²) in [7, 11) is 1.47. The van der Waals surface area contributed by atoms with Crippen LogP contribution >= 0.6 is 0 Å². The number of aliphatic hydroxyl groups excluding tert-OH is 4. The molecule has 1 saturated heterocycles. The van der Waals surface area contributed by atoms with Gasteiger partial charge in [-0.25, -0.2) is 0 Å². The third-order valence-corrected chi connectivity index (χ3v) is 5.00. The van der Waals surface area contributed by atoms with Crippen molar-refractivity contribution >= 4 is 0 Å². The van der Waals surface area contributed by atoms with Crippen molar-refractivity contribution in [1.29, 1.82) is 0 Å². The lowest BCUT2D eigenvalue weighted by atomic mass is 9.99. The number of ether oxygens (including phenoxy) is 3. The van der Waals surface area contributed by atoms with E-state index in [4.69, 9.17) is 14.2 Å². The lowest BCUT2D eigenvalue weighted by molar-refractivity contribution is -0.277. The van der Waals surface area contributed by atoms with Crippen LogP contribution in [0.25, 0.3) is 0 Å². The third-order valence-electron chi connectivity index (χ3n) is 5.00. The van der Waals surface area contributed by atoms with Gasteiger partial charge in [-0.15, -0.1) is 0 Å². The molecule has 30 heavy (non-hydrogen) atoms. The average Bonchev–Trinajstić information content (AvgIpc) is 2.72. The molecule has 0 amide bonds. The molecule has 2 aromatic carbocycles. The molecule has 9 heteroatoms. The van der Waals surface area contributed by atoms with E-state index in [9.17, 15) is 30.6 Å². The van der Waals surface area contributed by atoms with Crippen molar-refractivity contribution in [1.82, 2.24) is 0 Å². The highest BCUT2D eigenvalue weighted by molar-refractivity contribution is 5.42. The van der Waals surface area contributed by atoms with E-state index in [1.54, 1.807) is 24.3 Å². The topological polar surface area (TPSA) is 149 Å². The highest BCUT2D eigenvalue weighted by atomic mass is 16.7. The molecule has 0 saturated carbocycles. The Labute approximate surface area is 173 Å². The van der Waals surface area contributed by atoms with Crippen molar-refractivity contribution < 1.29 is 44.8 Å². The lowest BCUT2D eigenvalue weighted by Crippen LogP contribution is -2.60. The minimum Gasteiger partial charge on any atom is -0.508 e. The molecule has 1 heterocycles. The molecule has 9 nitrogen and oxygen atoms in total. The number of phenols is 2. The fourth-order valence-corrected chi connectivity index (χ4v) is 3.33. The minimum absolute atomic E-state index is 0.0394. The van der Waals surface area contributed by atoms with Gasteiger partial charge >= 0.3 is 0 Å². The van der Waals surface area contributed by atoms with Gasteiger partial charge in [0, 0.05) is 6.07 Å². The van der Waals surface area contributed by atoms with Gasteiger partial charge in [-0.1, -0.05) is 6.07 Å². The Kier molecular flexibility index (Phi) is 7.01. The molecule has 2 aromatic rings. The SMILES string of the molecule is COc1ccc(CCc2cc(O)cc(O[C@@H]3O[C@H](CO)[C@@H](O)[C@H](O)[C@H]3O)c2)cc1O. The molecular weight excluding hydrogens is 396 g/mol. The molecule has 164 valence electrons. The molecule has 3 rings (SSSR count). The first-order valence-electron chi connectivity index (χ1n) is 9.48. The Morgan fingerprint density at radius 3 is 2.30 bits per heavy atom. The zero-order chi connectivity index (χ0) is 21.8. The number of benzene rings is 2. The van der Waals surface area contributed by atoms with E-state index < -0.39 is 37.3 Å². The van der Waals surface area contributed by atoms with Gasteiger partial charge in [0.15, 0.2) is 11.5 Å². The molecule has 0 unspecified atom stereocenters. The second kappa shape index (κ2) is 9.50. The monoisotopic (exact) mass is 422 g/mol. The van der Waals surface area contributed by atoms with Gasteiger partial charge in [0.05, 0.1) is 13.7 Å². The quantitative estimate of drug-likeness (QED) is 0.364. The number of rotatable bonds is 7. The minimum atomic E-state index is -1.56. The van der Waals surface area contributed by atoms with Crippen LogP contribution in [0.15, 0.2) is 36.4 Å². The van der Waals surface area contributed by atoms with Crippen LogP contribution in [-0.2, 0) is 17.6 Å². The number of aliphatic hydroxyl groups is 4. The fourth-order valence-electron chi connectivity index (χ4n) is 3.33. The molecule has 6 N–H and O–H groups in total. The molecule has 0 aliphatic carbocycles. The van der Waals surface area contributed by atoms with Crippen molar-refractivity contribution in [2.45, 2.75) is 43.5 Å². The van der Waals surface area contributed by atoms with Gasteiger partial charge in [0.1, 0.15) is 35.9 Å². The van der Waals surface area contributed by atoms with Crippen molar-refractivity contribution in [3.05, 3.63) is 47.5 Å². The molecule has 0 radical (unpaired) electrons. The van der Waals surface area contributed by atoms with Crippen LogP contribution in [0, 0.1) is 0 Å². The molecule has 1 aliphatic rings. The predicted octanol–water partition coefficient (Wildman–Crippen LogP) is 0.0703. The second-order valence-corrected chi connectivity index (χ2v) is 7.16. The zero-order valence-electron chi connectivity index (χ0n) is 16.4. The van der Waals surface area contributed by atoms with Crippen LogP contribution in [0.3, 0.4) is 0 Å². The van der Waals surface area contributed by atoms with E-state index in [0.717, 1.165) is 11.1 Å². The Morgan fingerprint density at radius 2 is 1.63 bits per heavy atom. The summed E-state index contributed by atoms with van der Waals surface area (Å²) in [5.41, 5.74) is 1.60. The van der Waals surface area contributed by atoms with E-state index in [1.807, 2.05) is 6.07 Å². The molecule has 0 bridgehead atoms. The first kappa shape index (κ1) is 22.1. The zero-order valence-corrected chi connectivity index (χ0v) is 16.4. The number of aryl methyl sites for hydroxylation is 2. The molecule has 0 spiro atoms. The second-order valence-electron chi connectivity index (χ2n) is 7.16. The fraction of sp³-hybridized carbons (Fsp3) is 0.429. The summed E-state index contributed by atoms with van der Waals surface area (Å²) >= 11 is 0. The molecular formula is C21H26O9. The largest absolute Gasteiger partial charge is 0.508 e. The predicted molar refractivity (Wildman–Crippen MR) is 105 cm³/mol. The first-order valence-corrected chi connectivity index (χ1v) is 9.48. The van der Waals surface area contributed by atoms with Crippen molar-refractivity contribution in [3.8, 4) is 23.0 Å². The third kappa shape index (κ3) is 4.94. The number of phenolic OH excluding ortho intramolecular Hbond substituents is 2. The van der Waals surface area contributed by atoms with Crippen molar-refractivity contribution in [2.24, 2.45) is 0 Å². The van der Waals surface area contributed by atoms with Crippen LogP contribution in [0.4, 0.5) is 0 Å². The summed E-state index contributed by atoms with van der Waals surface area (Å²) in [4.78, 5) is 0. The van der Waals surface area contributed by atoms with Crippen LogP contribution in [0.5, 0.6) is 23.0 Å². The van der Waals surface area contributed by atoms with Crippen LogP contribution in [-0.4, -0.2) is 75.1 Å². The average molecular weight is 422 g/mol. The maximum Gasteiger partial charge on any atom is 0.229 e. The van der Waals surface area contributed by atoms with Gasteiger partial charge in [0.2, 0.25) is 6.29 Å². The smallest absolute Gasteiger partial charge is 0.229 e. The number of hydrogen-bond acceptors (Lipinski definition) is 9. The number of methoxy groups -OCH3 is 1. The van der Waals surface area contributed by atoms with Gasteiger partial charge in [-0.2, -0.15) is 0 Å². The molecule has 5 atom stereocenters. The Hall–Kier alpha value is -2.56. The van der Waals surface area contributed by atoms with E-state index >= 15 is 0 Å². The van der Waals surface area contributed by atoms with Gasteiger partial charge < -0.3 is 44.8 Å². The van der Waals surface area contributed by atoms with E-state index in [0.29, 0.717) is 18.6 Å². The lowest BCUT2D eigenvalue weighted by Gasteiger charge is -2.39. The Bertz CT molecular complexity index is 854. The maximum atomic E-state index is 10.1. The van der Waals surface area contributed by atoms with Gasteiger partial charge in [-0.05, 0) is 48.2 Å². The maximum absolute atomic E-state index is 10.1. The molecule has 1 fully saturated rings. The molecule has 0 aromatic heterocycles. The summed E-state index contributed by atoms with van der Waals surface area (Å²) < 4.78 is 15.9. The highest BCUT2D eigenvalue weighted by Crippen LogP contribution is 2.29.